The summed E-state index contributed by atoms with van der Waals surface area (Å²) >= 11 is 0. The van der Waals surface area contributed by atoms with Gasteiger partial charge in [-0.2, -0.15) is 0 Å². The van der Waals surface area contributed by atoms with Gasteiger partial charge >= 0.3 is 0 Å². The third-order valence-electron chi connectivity index (χ3n) is 4.00. The van der Waals surface area contributed by atoms with Crippen LogP contribution in [0.25, 0.3) is 0 Å². The molecule has 0 radical (unpaired) electrons. The Balaban J connectivity index is 1.87. The van der Waals surface area contributed by atoms with Crippen LogP contribution in [0, 0.1) is 5.92 Å². The smallest absolute Gasteiger partial charge is 0.133 e. The molecule has 1 heterocycles. The van der Waals surface area contributed by atoms with Gasteiger partial charge in [-0.25, -0.2) is 0 Å². The van der Waals surface area contributed by atoms with E-state index >= 15 is 0 Å². The summed E-state index contributed by atoms with van der Waals surface area (Å²) in [6.07, 6.45) is 8.61. The van der Waals surface area contributed by atoms with Gasteiger partial charge in [0.25, 0.3) is 0 Å². The third kappa shape index (κ3) is 3.36. The highest BCUT2D eigenvalue weighted by molar-refractivity contribution is 5.16. The third-order valence-corrected chi connectivity index (χ3v) is 4.00. The maximum Gasteiger partial charge on any atom is 0.133 e. The Morgan fingerprint density at radius 3 is 3.00 bits per heavy atom. The first kappa shape index (κ1) is 13.6. The van der Waals surface area contributed by atoms with Crippen molar-refractivity contribution in [2.75, 3.05) is 7.05 Å². The molecule has 0 aromatic carbocycles. The second-order valence-corrected chi connectivity index (χ2v) is 5.20. The van der Waals surface area contributed by atoms with Gasteiger partial charge in [0.15, 0.2) is 0 Å². The van der Waals surface area contributed by atoms with E-state index < -0.39 is 0 Å². The molecule has 18 heavy (non-hydrogen) atoms. The van der Waals surface area contributed by atoms with E-state index in [-0.39, 0.29) is 0 Å². The van der Waals surface area contributed by atoms with Crippen LogP contribution < -0.4 is 5.32 Å². The lowest BCUT2D eigenvalue weighted by molar-refractivity contribution is -0.0287. The van der Waals surface area contributed by atoms with Crippen LogP contribution in [-0.2, 0) is 17.9 Å². The van der Waals surface area contributed by atoms with Gasteiger partial charge in [-0.1, -0.05) is 26.2 Å². The summed E-state index contributed by atoms with van der Waals surface area (Å²) < 4.78 is 11.6. The molecule has 3 heteroatoms. The van der Waals surface area contributed by atoms with E-state index in [1.165, 1.54) is 37.7 Å². The first-order valence-electron chi connectivity index (χ1n) is 7.16. The lowest BCUT2D eigenvalue weighted by Gasteiger charge is -2.30. The maximum atomic E-state index is 6.10. The van der Waals surface area contributed by atoms with Gasteiger partial charge in [-0.15, -0.1) is 0 Å². The quantitative estimate of drug-likeness (QED) is 0.840. The number of hydrogen-bond acceptors (Lipinski definition) is 3. The van der Waals surface area contributed by atoms with E-state index in [2.05, 4.69) is 12.2 Å². The summed E-state index contributed by atoms with van der Waals surface area (Å²) in [5.41, 5.74) is 1.21. The highest BCUT2D eigenvalue weighted by atomic mass is 16.5. The summed E-state index contributed by atoms with van der Waals surface area (Å²) in [5, 5.41) is 3.15. The van der Waals surface area contributed by atoms with Gasteiger partial charge in [0.05, 0.1) is 12.4 Å². The predicted molar refractivity (Wildman–Crippen MR) is 72.3 cm³/mol. The van der Waals surface area contributed by atoms with E-state index in [0.29, 0.717) is 12.7 Å². The molecule has 1 aliphatic carbocycles. The largest absolute Gasteiger partial charge is 0.467 e. The van der Waals surface area contributed by atoms with Gasteiger partial charge in [0.2, 0.25) is 0 Å². The lowest BCUT2D eigenvalue weighted by Crippen LogP contribution is -2.27. The molecule has 1 aromatic rings. The van der Waals surface area contributed by atoms with Crippen molar-refractivity contribution in [3.8, 4) is 0 Å². The number of ether oxygens (including phenoxy) is 1. The Kier molecular flexibility index (Phi) is 5.26. The minimum Gasteiger partial charge on any atom is -0.467 e. The van der Waals surface area contributed by atoms with E-state index in [9.17, 15) is 0 Å². The summed E-state index contributed by atoms with van der Waals surface area (Å²) in [6.45, 7) is 3.73. The minimum atomic E-state index is 0.427. The van der Waals surface area contributed by atoms with Crippen LogP contribution in [0.2, 0.25) is 0 Å². The second-order valence-electron chi connectivity index (χ2n) is 5.20. The van der Waals surface area contributed by atoms with Crippen molar-refractivity contribution >= 4 is 0 Å². The number of furan rings is 1. The Morgan fingerprint density at radius 1 is 1.39 bits per heavy atom. The molecule has 1 saturated carbocycles. The summed E-state index contributed by atoms with van der Waals surface area (Å²) in [7, 11) is 1.95. The Hall–Kier alpha value is -0.800. The molecule has 102 valence electrons. The zero-order valence-electron chi connectivity index (χ0n) is 11.6. The van der Waals surface area contributed by atoms with Crippen LogP contribution in [0.4, 0.5) is 0 Å². The van der Waals surface area contributed by atoms with Crippen molar-refractivity contribution < 1.29 is 9.15 Å². The van der Waals surface area contributed by atoms with Crippen molar-refractivity contribution in [3.63, 3.8) is 0 Å². The van der Waals surface area contributed by atoms with Crippen LogP contribution in [0.15, 0.2) is 16.7 Å². The van der Waals surface area contributed by atoms with Gasteiger partial charge in [0.1, 0.15) is 12.4 Å². The average Bonchev–Trinajstić information content (AvgIpc) is 2.84. The van der Waals surface area contributed by atoms with Crippen LogP contribution in [0.3, 0.4) is 0 Å². The number of hydrogen-bond donors (Lipinski definition) is 1. The zero-order chi connectivity index (χ0) is 12.8. The first-order chi connectivity index (χ1) is 8.85. The molecule has 3 nitrogen and oxygen atoms in total. The van der Waals surface area contributed by atoms with Gasteiger partial charge < -0.3 is 14.5 Å². The highest BCUT2D eigenvalue weighted by Gasteiger charge is 2.24. The Labute approximate surface area is 110 Å². The highest BCUT2D eigenvalue weighted by Crippen LogP contribution is 2.30. The van der Waals surface area contributed by atoms with E-state index in [1.807, 2.05) is 13.1 Å². The monoisotopic (exact) mass is 251 g/mol. The normalized spacial score (nSPS) is 24.3. The predicted octanol–water partition coefficient (Wildman–Crippen LogP) is 3.48. The van der Waals surface area contributed by atoms with Crippen molar-refractivity contribution in [1.29, 1.82) is 0 Å². The topological polar surface area (TPSA) is 34.4 Å². The van der Waals surface area contributed by atoms with Crippen molar-refractivity contribution in [3.05, 3.63) is 23.7 Å². The number of rotatable bonds is 6. The van der Waals surface area contributed by atoms with Crippen molar-refractivity contribution in [2.45, 2.75) is 58.3 Å². The SMILES string of the molecule is CCC1CCCCC1OCc1occc1CNC. The van der Waals surface area contributed by atoms with Crippen LogP contribution in [-0.4, -0.2) is 13.2 Å². The molecule has 1 aromatic heterocycles. The zero-order valence-corrected chi connectivity index (χ0v) is 11.6. The molecule has 0 aliphatic heterocycles. The average molecular weight is 251 g/mol. The van der Waals surface area contributed by atoms with Gasteiger partial charge in [-0.3, -0.25) is 0 Å². The number of nitrogens with one attached hydrogen (secondary N) is 1. The first-order valence-corrected chi connectivity index (χ1v) is 7.16. The van der Waals surface area contributed by atoms with E-state index in [0.717, 1.165) is 18.2 Å². The van der Waals surface area contributed by atoms with Gasteiger partial charge in [-0.05, 0) is 31.9 Å². The second kappa shape index (κ2) is 6.95. The van der Waals surface area contributed by atoms with Gasteiger partial charge in [0, 0.05) is 12.1 Å². The molecule has 0 saturated heterocycles. The molecule has 2 unspecified atom stereocenters. The molecular weight excluding hydrogens is 226 g/mol. The van der Waals surface area contributed by atoms with E-state index in [1.54, 1.807) is 6.26 Å². The standard InChI is InChI=1S/C15H25NO2/c1-3-12-6-4-5-7-14(12)18-11-15-13(10-16-2)8-9-17-15/h8-9,12,14,16H,3-7,10-11H2,1-2H3. The molecule has 0 spiro atoms. The Morgan fingerprint density at radius 2 is 2.22 bits per heavy atom. The van der Waals surface area contributed by atoms with Crippen molar-refractivity contribution in [2.24, 2.45) is 5.92 Å². The molecule has 2 atom stereocenters. The van der Waals surface area contributed by atoms with Crippen LogP contribution in [0.1, 0.15) is 50.4 Å². The molecule has 1 N–H and O–H groups in total. The summed E-state index contributed by atoms with van der Waals surface area (Å²) in [5.74, 6) is 1.71. The molecule has 0 amide bonds. The fourth-order valence-corrected chi connectivity index (χ4v) is 2.88. The van der Waals surface area contributed by atoms with Crippen LogP contribution in [0.5, 0.6) is 0 Å². The molecule has 1 aliphatic rings. The molecule has 1 fully saturated rings. The van der Waals surface area contributed by atoms with Crippen molar-refractivity contribution in [1.82, 2.24) is 5.32 Å². The summed E-state index contributed by atoms with van der Waals surface area (Å²) in [4.78, 5) is 0. The lowest BCUT2D eigenvalue weighted by atomic mass is 9.85. The fraction of sp³-hybridized carbons (Fsp3) is 0.733. The molecule has 0 bridgehead atoms. The summed E-state index contributed by atoms with van der Waals surface area (Å²) in [6, 6.07) is 2.02. The Bertz CT molecular complexity index is 348. The minimum absolute atomic E-state index is 0.427. The maximum absolute atomic E-state index is 6.10. The van der Waals surface area contributed by atoms with E-state index in [4.69, 9.17) is 9.15 Å². The molecular formula is C15H25NO2. The molecule has 2 rings (SSSR count). The fourth-order valence-electron chi connectivity index (χ4n) is 2.88. The van der Waals surface area contributed by atoms with Crippen LogP contribution >= 0.6 is 0 Å².